The molecule has 0 aliphatic heterocycles. The monoisotopic (exact) mass is 258 g/mol. The van der Waals surface area contributed by atoms with E-state index in [1.807, 2.05) is 6.92 Å². The van der Waals surface area contributed by atoms with Gasteiger partial charge in [0.05, 0.1) is 0 Å². The summed E-state index contributed by atoms with van der Waals surface area (Å²) in [7, 11) is 0. The Morgan fingerprint density at radius 2 is 2.11 bits per heavy atom. The van der Waals surface area contributed by atoms with Crippen molar-refractivity contribution in [1.29, 1.82) is 0 Å². The zero-order valence-electron chi connectivity index (χ0n) is 10.7. The van der Waals surface area contributed by atoms with Gasteiger partial charge in [0.1, 0.15) is 23.3 Å². The molecule has 0 bridgehead atoms. The molecule has 5 heteroatoms. The van der Waals surface area contributed by atoms with Crippen LogP contribution in [0, 0.1) is 12.7 Å². The molecule has 0 unspecified atom stereocenters. The van der Waals surface area contributed by atoms with Gasteiger partial charge in [-0.2, -0.15) is 0 Å². The Bertz CT molecular complexity index is 623. The van der Waals surface area contributed by atoms with E-state index in [0.717, 1.165) is 24.2 Å². The highest BCUT2D eigenvalue weighted by Crippen LogP contribution is 2.39. The maximum absolute atomic E-state index is 13.2. The van der Waals surface area contributed by atoms with Crippen LogP contribution in [0.25, 0.3) is 0 Å². The molecular weight excluding hydrogens is 243 g/mol. The second-order valence-electron chi connectivity index (χ2n) is 4.85. The molecule has 2 aromatic rings. The lowest BCUT2D eigenvalue weighted by atomic mass is 10.2. The van der Waals surface area contributed by atoms with Crippen molar-refractivity contribution in [3.8, 4) is 0 Å². The number of anilines is 3. The second kappa shape index (κ2) is 4.50. The quantitative estimate of drug-likeness (QED) is 0.887. The number of hydrogen-bond donors (Lipinski definition) is 2. The molecule has 19 heavy (non-hydrogen) atoms. The lowest BCUT2D eigenvalue weighted by Gasteiger charge is -2.11. The number of halogens is 1. The largest absolute Gasteiger partial charge is 0.383 e. The van der Waals surface area contributed by atoms with E-state index in [0.29, 0.717) is 23.2 Å². The number of nitrogens with one attached hydrogen (secondary N) is 1. The van der Waals surface area contributed by atoms with Crippen molar-refractivity contribution < 1.29 is 4.39 Å². The summed E-state index contributed by atoms with van der Waals surface area (Å²) in [5.41, 5.74) is 7.35. The number of benzene rings is 1. The number of nitrogens with zero attached hydrogens (tertiary/aromatic N) is 2. The van der Waals surface area contributed by atoms with Crippen molar-refractivity contribution in [2.75, 3.05) is 11.1 Å². The SMILES string of the molecule is Cc1c(N)nc(C2CC2)nc1Nc1cccc(F)c1. The summed E-state index contributed by atoms with van der Waals surface area (Å²) >= 11 is 0. The first-order chi connectivity index (χ1) is 9.13. The summed E-state index contributed by atoms with van der Waals surface area (Å²) in [6, 6.07) is 6.27. The zero-order chi connectivity index (χ0) is 13.4. The van der Waals surface area contributed by atoms with Crippen LogP contribution in [-0.2, 0) is 0 Å². The fraction of sp³-hybridized carbons (Fsp3) is 0.286. The van der Waals surface area contributed by atoms with E-state index in [1.165, 1.54) is 12.1 Å². The summed E-state index contributed by atoms with van der Waals surface area (Å²) in [4.78, 5) is 8.80. The molecule has 4 nitrogen and oxygen atoms in total. The van der Waals surface area contributed by atoms with Crippen LogP contribution < -0.4 is 11.1 Å². The Hall–Kier alpha value is -2.17. The lowest BCUT2D eigenvalue weighted by molar-refractivity contribution is 0.628. The van der Waals surface area contributed by atoms with Gasteiger partial charge in [-0.25, -0.2) is 14.4 Å². The number of nitrogens with two attached hydrogens (primary N) is 1. The number of aromatic nitrogens is 2. The molecule has 0 radical (unpaired) electrons. The van der Waals surface area contributed by atoms with E-state index in [-0.39, 0.29) is 5.82 Å². The normalized spacial score (nSPS) is 14.4. The maximum Gasteiger partial charge on any atom is 0.139 e. The molecule has 1 aromatic heterocycles. The summed E-state index contributed by atoms with van der Waals surface area (Å²) in [5, 5.41) is 3.11. The fourth-order valence-electron chi connectivity index (χ4n) is 1.90. The highest BCUT2D eigenvalue weighted by Gasteiger charge is 2.27. The first-order valence-electron chi connectivity index (χ1n) is 6.30. The predicted octanol–water partition coefficient (Wildman–Crippen LogP) is 3.13. The average Bonchev–Trinajstić information content (AvgIpc) is 3.19. The smallest absolute Gasteiger partial charge is 0.139 e. The van der Waals surface area contributed by atoms with Crippen LogP contribution >= 0.6 is 0 Å². The lowest BCUT2D eigenvalue weighted by Crippen LogP contribution is -2.06. The van der Waals surface area contributed by atoms with Crippen LogP contribution in [0.15, 0.2) is 24.3 Å². The average molecular weight is 258 g/mol. The molecule has 3 rings (SSSR count). The minimum absolute atomic E-state index is 0.285. The Morgan fingerprint density at radius 3 is 2.79 bits per heavy atom. The topological polar surface area (TPSA) is 63.8 Å². The number of nitrogen functional groups attached to an aromatic ring is 1. The summed E-state index contributed by atoms with van der Waals surface area (Å²) in [6.07, 6.45) is 2.23. The molecular formula is C14H15FN4. The van der Waals surface area contributed by atoms with Crippen LogP contribution in [0.3, 0.4) is 0 Å². The summed E-state index contributed by atoms with van der Waals surface area (Å²) in [6.45, 7) is 1.85. The molecule has 0 saturated heterocycles. The third-order valence-corrected chi connectivity index (χ3v) is 3.23. The molecule has 3 N–H and O–H groups in total. The van der Waals surface area contributed by atoms with Crippen molar-refractivity contribution >= 4 is 17.3 Å². The van der Waals surface area contributed by atoms with E-state index in [1.54, 1.807) is 12.1 Å². The Morgan fingerprint density at radius 1 is 1.32 bits per heavy atom. The summed E-state index contributed by atoms with van der Waals surface area (Å²) in [5.74, 6) is 2.06. The van der Waals surface area contributed by atoms with Crippen molar-refractivity contribution in [3.05, 3.63) is 41.5 Å². The fourth-order valence-corrected chi connectivity index (χ4v) is 1.90. The van der Waals surface area contributed by atoms with Crippen molar-refractivity contribution in [2.45, 2.75) is 25.7 Å². The van der Waals surface area contributed by atoms with Gasteiger partial charge in [0, 0.05) is 17.2 Å². The van der Waals surface area contributed by atoms with Gasteiger partial charge in [0.2, 0.25) is 0 Å². The molecule has 1 aromatic carbocycles. The summed E-state index contributed by atoms with van der Waals surface area (Å²) < 4.78 is 13.2. The number of rotatable bonds is 3. The van der Waals surface area contributed by atoms with Gasteiger partial charge in [0.25, 0.3) is 0 Å². The number of hydrogen-bond acceptors (Lipinski definition) is 4. The van der Waals surface area contributed by atoms with Gasteiger partial charge >= 0.3 is 0 Å². The van der Waals surface area contributed by atoms with Crippen LogP contribution in [0.1, 0.15) is 30.1 Å². The zero-order valence-corrected chi connectivity index (χ0v) is 10.7. The van der Waals surface area contributed by atoms with Gasteiger partial charge in [-0.05, 0) is 38.0 Å². The second-order valence-corrected chi connectivity index (χ2v) is 4.85. The molecule has 1 aliphatic carbocycles. The van der Waals surface area contributed by atoms with E-state index in [4.69, 9.17) is 5.73 Å². The van der Waals surface area contributed by atoms with Crippen LogP contribution in [0.2, 0.25) is 0 Å². The first-order valence-corrected chi connectivity index (χ1v) is 6.30. The minimum atomic E-state index is -0.285. The van der Waals surface area contributed by atoms with E-state index >= 15 is 0 Å². The third kappa shape index (κ3) is 2.50. The minimum Gasteiger partial charge on any atom is -0.383 e. The highest BCUT2D eigenvalue weighted by molar-refractivity contribution is 5.63. The standard InChI is InChI=1S/C14H15FN4/c1-8-12(16)18-14(9-5-6-9)19-13(8)17-11-4-2-3-10(15)7-11/h2-4,7,9H,5-6H2,1H3,(H3,16,17,18,19). The van der Waals surface area contributed by atoms with Crippen LogP contribution in [-0.4, -0.2) is 9.97 Å². The van der Waals surface area contributed by atoms with Crippen LogP contribution in [0.5, 0.6) is 0 Å². The maximum atomic E-state index is 13.2. The van der Waals surface area contributed by atoms with Crippen LogP contribution in [0.4, 0.5) is 21.7 Å². The Balaban J connectivity index is 1.95. The molecule has 0 atom stereocenters. The molecule has 1 heterocycles. The molecule has 1 fully saturated rings. The van der Waals surface area contributed by atoms with Gasteiger partial charge in [-0.1, -0.05) is 6.07 Å². The Labute approximate surface area is 110 Å². The van der Waals surface area contributed by atoms with Gasteiger partial charge in [-0.3, -0.25) is 0 Å². The van der Waals surface area contributed by atoms with Crippen molar-refractivity contribution in [1.82, 2.24) is 9.97 Å². The van der Waals surface area contributed by atoms with Gasteiger partial charge < -0.3 is 11.1 Å². The first kappa shape index (κ1) is 11.9. The molecule has 1 saturated carbocycles. The van der Waals surface area contributed by atoms with Crippen molar-refractivity contribution in [3.63, 3.8) is 0 Å². The van der Waals surface area contributed by atoms with E-state index in [9.17, 15) is 4.39 Å². The third-order valence-electron chi connectivity index (χ3n) is 3.23. The predicted molar refractivity (Wildman–Crippen MR) is 72.8 cm³/mol. The van der Waals surface area contributed by atoms with E-state index in [2.05, 4.69) is 15.3 Å². The molecule has 1 aliphatic rings. The van der Waals surface area contributed by atoms with Crippen molar-refractivity contribution in [2.24, 2.45) is 0 Å². The van der Waals surface area contributed by atoms with E-state index < -0.39 is 0 Å². The molecule has 98 valence electrons. The Kier molecular flexibility index (Phi) is 2.81. The molecule has 0 amide bonds. The van der Waals surface area contributed by atoms with Gasteiger partial charge in [-0.15, -0.1) is 0 Å². The molecule has 0 spiro atoms. The highest BCUT2D eigenvalue weighted by atomic mass is 19.1. The van der Waals surface area contributed by atoms with Gasteiger partial charge in [0.15, 0.2) is 0 Å².